The first-order chi connectivity index (χ1) is 8.69. The smallest absolute Gasteiger partial charge is 0.224 e. The molecule has 0 aliphatic carbocycles. The van der Waals surface area contributed by atoms with Crippen LogP contribution >= 0.6 is 11.8 Å². The molecule has 0 aliphatic heterocycles. The van der Waals surface area contributed by atoms with Gasteiger partial charge in [0.2, 0.25) is 5.12 Å². The van der Waals surface area contributed by atoms with E-state index in [0.29, 0.717) is 11.1 Å². The van der Waals surface area contributed by atoms with Crippen molar-refractivity contribution < 1.29 is 9.90 Å². The molecule has 0 saturated carbocycles. The summed E-state index contributed by atoms with van der Waals surface area (Å²) in [6, 6.07) is 15.0. The highest BCUT2D eigenvalue weighted by Crippen LogP contribution is 2.23. The van der Waals surface area contributed by atoms with Gasteiger partial charge >= 0.3 is 0 Å². The highest BCUT2D eigenvalue weighted by atomic mass is 32.2. The summed E-state index contributed by atoms with van der Waals surface area (Å²) in [6.07, 6.45) is 0. The topological polar surface area (TPSA) is 61.1 Å². The highest BCUT2D eigenvalue weighted by Gasteiger charge is 2.07. The third-order valence-electron chi connectivity index (χ3n) is 2.30. The molecule has 2 rings (SSSR count). The third-order valence-corrected chi connectivity index (χ3v) is 3.23. The monoisotopic (exact) mass is 255 g/mol. The van der Waals surface area contributed by atoms with E-state index < -0.39 is 0 Å². The number of benzene rings is 2. The third kappa shape index (κ3) is 2.90. The lowest BCUT2D eigenvalue weighted by Crippen LogP contribution is -1.92. The van der Waals surface area contributed by atoms with Crippen LogP contribution in [0.3, 0.4) is 0 Å². The predicted molar refractivity (Wildman–Crippen MR) is 69.5 cm³/mol. The lowest BCUT2D eigenvalue weighted by atomic mass is 10.2. The molecule has 0 amide bonds. The Labute approximate surface area is 109 Å². The molecule has 0 aromatic heterocycles. The minimum Gasteiger partial charge on any atom is -0.508 e. The minimum atomic E-state index is -0.0975. The van der Waals surface area contributed by atoms with E-state index in [2.05, 4.69) is 0 Å². The lowest BCUT2D eigenvalue weighted by molar-refractivity contribution is 0.108. The standard InChI is InChI=1S/C14H9NO2S/c15-9-10-1-7-13(8-2-10)18-14(17)11-3-5-12(16)6-4-11/h1-8,16H. The maximum Gasteiger partial charge on any atom is 0.224 e. The van der Waals surface area contributed by atoms with Crippen LogP contribution in [0.4, 0.5) is 0 Å². The van der Waals surface area contributed by atoms with Crippen LogP contribution in [0.5, 0.6) is 5.75 Å². The summed E-state index contributed by atoms with van der Waals surface area (Å²) >= 11 is 1.09. The molecule has 0 heterocycles. The zero-order chi connectivity index (χ0) is 13.0. The molecular weight excluding hydrogens is 246 g/mol. The molecule has 18 heavy (non-hydrogen) atoms. The van der Waals surface area contributed by atoms with Crippen molar-refractivity contribution in [1.29, 1.82) is 5.26 Å². The van der Waals surface area contributed by atoms with Gasteiger partial charge in [0.05, 0.1) is 11.6 Å². The van der Waals surface area contributed by atoms with Crippen molar-refractivity contribution in [3.05, 3.63) is 59.7 Å². The first-order valence-corrected chi connectivity index (χ1v) is 6.02. The quantitative estimate of drug-likeness (QED) is 0.837. The predicted octanol–water partition coefficient (Wildman–Crippen LogP) is 3.20. The fraction of sp³-hybridized carbons (Fsp3) is 0. The van der Waals surface area contributed by atoms with Gasteiger partial charge in [0, 0.05) is 10.5 Å². The van der Waals surface area contributed by atoms with Crippen LogP contribution in [0.25, 0.3) is 0 Å². The fourth-order valence-corrected chi connectivity index (χ4v) is 2.10. The van der Waals surface area contributed by atoms with Crippen LogP contribution in [0.2, 0.25) is 0 Å². The molecule has 0 bridgehead atoms. The Bertz CT molecular complexity index is 597. The molecule has 0 radical (unpaired) electrons. The van der Waals surface area contributed by atoms with Crippen molar-refractivity contribution in [2.24, 2.45) is 0 Å². The van der Waals surface area contributed by atoms with Gasteiger partial charge in [0.25, 0.3) is 0 Å². The van der Waals surface area contributed by atoms with E-state index in [1.165, 1.54) is 12.1 Å². The Balaban J connectivity index is 2.11. The van der Waals surface area contributed by atoms with Crippen molar-refractivity contribution >= 4 is 16.9 Å². The van der Waals surface area contributed by atoms with Crippen LogP contribution in [-0.4, -0.2) is 10.2 Å². The molecule has 0 atom stereocenters. The van der Waals surface area contributed by atoms with Crippen LogP contribution in [-0.2, 0) is 0 Å². The molecule has 1 N–H and O–H groups in total. The number of carbonyl (C=O) groups excluding carboxylic acids is 1. The average Bonchev–Trinajstić information content (AvgIpc) is 2.40. The summed E-state index contributed by atoms with van der Waals surface area (Å²) in [5.41, 5.74) is 1.10. The van der Waals surface area contributed by atoms with E-state index in [9.17, 15) is 4.79 Å². The summed E-state index contributed by atoms with van der Waals surface area (Å²) in [5, 5.41) is 17.7. The van der Waals surface area contributed by atoms with Gasteiger partial charge in [0.1, 0.15) is 5.75 Å². The molecule has 0 spiro atoms. The van der Waals surface area contributed by atoms with E-state index in [4.69, 9.17) is 10.4 Å². The maximum absolute atomic E-state index is 11.9. The van der Waals surface area contributed by atoms with Crippen molar-refractivity contribution in [3.63, 3.8) is 0 Å². The first-order valence-electron chi connectivity index (χ1n) is 5.20. The number of rotatable bonds is 2. The number of thioether (sulfide) groups is 1. The van der Waals surface area contributed by atoms with Gasteiger partial charge in [-0.15, -0.1) is 0 Å². The van der Waals surface area contributed by atoms with E-state index in [1.54, 1.807) is 36.4 Å². The number of carbonyl (C=O) groups is 1. The van der Waals surface area contributed by atoms with Gasteiger partial charge in [-0.25, -0.2) is 0 Å². The minimum absolute atomic E-state index is 0.0975. The van der Waals surface area contributed by atoms with E-state index in [1.807, 2.05) is 6.07 Å². The number of phenolic OH excluding ortho intramolecular Hbond substituents is 1. The van der Waals surface area contributed by atoms with Crippen LogP contribution in [0.1, 0.15) is 15.9 Å². The van der Waals surface area contributed by atoms with Gasteiger partial charge < -0.3 is 5.11 Å². The SMILES string of the molecule is N#Cc1ccc(SC(=O)c2ccc(O)cc2)cc1. The summed E-state index contributed by atoms with van der Waals surface area (Å²) < 4.78 is 0. The van der Waals surface area contributed by atoms with Crippen molar-refractivity contribution in [2.45, 2.75) is 4.90 Å². The molecular formula is C14H9NO2S. The van der Waals surface area contributed by atoms with Crippen LogP contribution in [0.15, 0.2) is 53.4 Å². The van der Waals surface area contributed by atoms with E-state index in [0.717, 1.165) is 16.7 Å². The van der Waals surface area contributed by atoms with Crippen molar-refractivity contribution in [3.8, 4) is 11.8 Å². The van der Waals surface area contributed by atoms with Crippen LogP contribution in [0, 0.1) is 11.3 Å². The van der Waals surface area contributed by atoms with E-state index >= 15 is 0 Å². The van der Waals surface area contributed by atoms with Gasteiger partial charge in [-0.1, -0.05) is 0 Å². The molecule has 2 aromatic rings. The molecule has 0 fully saturated rings. The molecule has 3 nitrogen and oxygen atoms in total. The Hall–Kier alpha value is -2.25. The number of hydrogen-bond donors (Lipinski definition) is 1. The van der Waals surface area contributed by atoms with Gasteiger partial charge in [-0.2, -0.15) is 5.26 Å². The zero-order valence-corrected chi connectivity index (χ0v) is 10.1. The van der Waals surface area contributed by atoms with Gasteiger partial charge in [0.15, 0.2) is 0 Å². The van der Waals surface area contributed by atoms with Crippen molar-refractivity contribution in [2.75, 3.05) is 0 Å². The second-order valence-electron chi connectivity index (χ2n) is 3.57. The second-order valence-corrected chi connectivity index (χ2v) is 4.62. The van der Waals surface area contributed by atoms with Gasteiger partial charge in [-0.05, 0) is 60.3 Å². The zero-order valence-electron chi connectivity index (χ0n) is 9.33. The molecule has 0 aliphatic rings. The van der Waals surface area contributed by atoms with E-state index in [-0.39, 0.29) is 10.9 Å². The Kier molecular flexibility index (Phi) is 3.66. The Morgan fingerprint density at radius 2 is 1.67 bits per heavy atom. The Morgan fingerprint density at radius 3 is 2.22 bits per heavy atom. The second kappa shape index (κ2) is 5.39. The number of hydrogen-bond acceptors (Lipinski definition) is 4. The van der Waals surface area contributed by atoms with Crippen molar-refractivity contribution in [1.82, 2.24) is 0 Å². The maximum atomic E-state index is 11.9. The number of nitrogens with zero attached hydrogens (tertiary/aromatic N) is 1. The summed E-state index contributed by atoms with van der Waals surface area (Å²) in [7, 11) is 0. The highest BCUT2D eigenvalue weighted by molar-refractivity contribution is 8.14. The normalized spacial score (nSPS) is 9.72. The fourth-order valence-electron chi connectivity index (χ4n) is 1.36. The first kappa shape index (κ1) is 12.2. The summed E-state index contributed by atoms with van der Waals surface area (Å²) in [6.45, 7) is 0. The van der Waals surface area contributed by atoms with Gasteiger partial charge in [-0.3, -0.25) is 4.79 Å². The molecule has 4 heteroatoms. The lowest BCUT2D eigenvalue weighted by Gasteiger charge is -2.01. The Morgan fingerprint density at radius 1 is 1.06 bits per heavy atom. The summed E-state index contributed by atoms with van der Waals surface area (Å²) in [4.78, 5) is 12.7. The number of aromatic hydroxyl groups is 1. The largest absolute Gasteiger partial charge is 0.508 e. The molecule has 0 unspecified atom stereocenters. The summed E-state index contributed by atoms with van der Waals surface area (Å²) in [5.74, 6) is 0.134. The number of nitriles is 1. The molecule has 0 saturated heterocycles. The molecule has 2 aromatic carbocycles. The molecule has 88 valence electrons. The average molecular weight is 255 g/mol. The van der Waals surface area contributed by atoms with Crippen LogP contribution < -0.4 is 0 Å². The number of phenols is 1.